The average molecular weight is 452 g/mol. The number of primary sulfonamides is 1. The summed E-state index contributed by atoms with van der Waals surface area (Å²) in [6.07, 6.45) is 0. The van der Waals surface area contributed by atoms with Gasteiger partial charge in [-0.1, -0.05) is 11.6 Å². The Kier molecular flexibility index (Phi) is 5.61. The molecular formula is C18H14ClN3O7S. The molecule has 1 aliphatic heterocycles. The normalized spacial score (nSPS) is 13.2. The number of esters is 1. The summed E-state index contributed by atoms with van der Waals surface area (Å²) >= 11 is 5.88. The van der Waals surface area contributed by atoms with Crippen LogP contribution in [-0.4, -0.2) is 50.7 Å². The van der Waals surface area contributed by atoms with Crippen LogP contribution in [0.4, 0.5) is 5.69 Å². The SMILES string of the molecule is CN1C(=O)c2ccc(NC(=O)COC(=O)c3cc(S(N)(=O)=O)ccc3Cl)cc2C1=O. The Morgan fingerprint density at radius 2 is 1.77 bits per heavy atom. The van der Waals surface area contributed by atoms with Gasteiger partial charge < -0.3 is 10.1 Å². The first kappa shape index (κ1) is 21.4. The predicted octanol–water partition coefficient (Wildman–Crippen LogP) is 1.01. The molecule has 0 bridgehead atoms. The third kappa shape index (κ3) is 4.17. The zero-order valence-corrected chi connectivity index (χ0v) is 16.9. The zero-order valence-electron chi connectivity index (χ0n) is 15.3. The molecule has 2 aromatic carbocycles. The Balaban J connectivity index is 1.67. The fourth-order valence-electron chi connectivity index (χ4n) is 2.68. The molecule has 0 radical (unpaired) electrons. The van der Waals surface area contributed by atoms with Gasteiger partial charge in [0.05, 0.1) is 26.6 Å². The van der Waals surface area contributed by atoms with Crippen molar-refractivity contribution in [1.82, 2.24) is 4.90 Å². The fourth-order valence-corrected chi connectivity index (χ4v) is 3.42. The molecule has 10 nitrogen and oxygen atoms in total. The van der Waals surface area contributed by atoms with E-state index in [1.807, 2.05) is 0 Å². The monoisotopic (exact) mass is 451 g/mol. The first-order chi connectivity index (χ1) is 14.0. The second-order valence-electron chi connectivity index (χ2n) is 6.24. The molecule has 0 aliphatic carbocycles. The number of amides is 3. The van der Waals surface area contributed by atoms with Crippen LogP contribution in [0.5, 0.6) is 0 Å². The first-order valence-corrected chi connectivity index (χ1v) is 10.2. The van der Waals surface area contributed by atoms with E-state index in [2.05, 4.69) is 5.32 Å². The molecule has 30 heavy (non-hydrogen) atoms. The molecule has 0 saturated heterocycles. The topological polar surface area (TPSA) is 153 Å². The summed E-state index contributed by atoms with van der Waals surface area (Å²) in [6.45, 7) is -0.710. The summed E-state index contributed by atoms with van der Waals surface area (Å²) in [4.78, 5) is 48.7. The van der Waals surface area contributed by atoms with Crippen LogP contribution in [0.2, 0.25) is 5.02 Å². The van der Waals surface area contributed by atoms with Gasteiger partial charge in [-0.3, -0.25) is 19.3 Å². The number of nitrogens with two attached hydrogens (primary N) is 1. The molecule has 2 aromatic rings. The number of nitrogens with one attached hydrogen (secondary N) is 1. The molecule has 0 atom stereocenters. The number of rotatable bonds is 5. The van der Waals surface area contributed by atoms with Crippen molar-refractivity contribution < 1.29 is 32.3 Å². The molecule has 3 amide bonds. The minimum atomic E-state index is -4.07. The number of ether oxygens (including phenoxy) is 1. The quantitative estimate of drug-likeness (QED) is 0.508. The minimum absolute atomic E-state index is 0.0845. The van der Waals surface area contributed by atoms with E-state index in [1.54, 1.807) is 0 Å². The van der Waals surface area contributed by atoms with Crippen molar-refractivity contribution in [2.75, 3.05) is 19.0 Å². The van der Waals surface area contributed by atoms with Gasteiger partial charge in [0.15, 0.2) is 6.61 Å². The fraction of sp³-hybridized carbons (Fsp3) is 0.111. The van der Waals surface area contributed by atoms with Crippen LogP contribution < -0.4 is 10.5 Å². The number of benzene rings is 2. The Bertz CT molecular complexity index is 1210. The number of hydrogen-bond donors (Lipinski definition) is 2. The minimum Gasteiger partial charge on any atom is -0.452 e. The summed E-state index contributed by atoms with van der Waals surface area (Å²) in [6, 6.07) is 7.40. The van der Waals surface area contributed by atoms with E-state index < -0.39 is 40.3 Å². The zero-order chi connectivity index (χ0) is 22.2. The van der Waals surface area contributed by atoms with E-state index in [4.69, 9.17) is 21.5 Å². The van der Waals surface area contributed by atoms with Crippen molar-refractivity contribution in [3.05, 3.63) is 58.1 Å². The van der Waals surface area contributed by atoms with Gasteiger partial charge in [0.2, 0.25) is 10.0 Å². The molecule has 1 heterocycles. The van der Waals surface area contributed by atoms with Gasteiger partial charge in [0.25, 0.3) is 17.7 Å². The van der Waals surface area contributed by atoms with Gasteiger partial charge in [0, 0.05) is 12.7 Å². The number of carbonyl (C=O) groups excluding carboxylic acids is 4. The van der Waals surface area contributed by atoms with Crippen LogP contribution in [0.1, 0.15) is 31.1 Å². The molecule has 0 spiro atoms. The van der Waals surface area contributed by atoms with Crippen molar-refractivity contribution in [1.29, 1.82) is 0 Å². The van der Waals surface area contributed by atoms with Crippen molar-refractivity contribution in [3.8, 4) is 0 Å². The van der Waals surface area contributed by atoms with Crippen molar-refractivity contribution in [3.63, 3.8) is 0 Å². The van der Waals surface area contributed by atoms with Gasteiger partial charge in [-0.15, -0.1) is 0 Å². The van der Waals surface area contributed by atoms with E-state index in [0.29, 0.717) is 0 Å². The second kappa shape index (κ2) is 7.86. The van der Waals surface area contributed by atoms with Crippen molar-refractivity contribution in [2.45, 2.75) is 4.90 Å². The maximum absolute atomic E-state index is 12.2. The van der Waals surface area contributed by atoms with E-state index in [-0.39, 0.29) is 32.3 Å². The third-order valence-corrected chi connectivity index (χ3v) is 5.43. The van der Waals surface area contributed by atoms with Gasteiger partial charge >= 0.3 is 5.97 Å². The van der Waals surface area contributed by atoms with Crippen LogP contribution in [-0.2, 0) is 19.6 Å². The second-order valence-corrected chi connectivity index (χ2v) is 8.21. The Morgan fingerprint density at radius 1 is 1.10 bits per heavy atom. The number of fused-ring (bicyclic) bond motifs is 1. The highest BCUT2D eigenvalue weighted by Crippen LogP contribution is 2.25. The number of anilines is 1. The molecule has 0 saturated carbocycles. The maximum atomic E-state index is 12.2. The molecule has 0 unspecified atom stereocenters. The smallest absolute Gasteiger partial charge is 0.340 e. The number of carbonyl (C=O) groups is 4. The molecule has 156 valence electrons. The number of sulfonamides is 1. The van der Waals surface area contributed by atoms with Crippen molar-refractivity contribution in [2.24, 2.45) is 5.14 Å². The molecule has 1 aliphatic rings. The summed E-state index contributed by atoms with van der Waals surface area (Å²) in [7, 11) is -2.72. The molecule has 0 aromatic heterocycles. The summed E-state index contributed by atoms with van der Waals surface area (Å²) < 4.78 is 27.7. The molecule has 3 N–H and O–H groups in total. The molecular weight excluding hydrogens is 438 g/mol. The first-order valence-electron chi connectivity index (χ1n) is 8.25. The van der Waals surface area contributed by atoms with Crippen LogP contribution in [0, 0.1) is 0 Å². The Hall–Kier alpha value is -3.28. The van der Waals surface area contributed by atoms with Gasteiger partial charge in [-0.2, -0.15) is 0 Å². The van der Waals surface area contributed by atoms with Crippen molar-refractivity contribution >= 4 is 51.0 Å². The largest absolute Gasteiger partial charge is 0.452 e. The number of halogens is 1. The average Bonchev–Trinajstić information content (AvgIpc) is 2.89. The van der Waals surface area contributed by atoms with Gasteiger partial charge in [0.1, 0.15) is 0 Å². The van der Waals surface area contributed by atoms with E-state index in [0.717, 1.165) is 23.1 Å². The number of nitrogens with zero attached hydrogens (tertiary/aromatic N) is 1. The van der Waals surface area contributed by atoms with Gasteiger partial charge in [-0.05, 0) is 36.4 Å². The number of hydrogen-bond acceptors (Lipinski definition) is 7. The van der Waals surface area contributed by atoms with E-state index >= 15 is 0 Å². The highest BCUT2D eigenvalue weighted by molar-refractivity contribution is 7.89. The number of imide groups is 1. The predicted molar refractivity (Wildman–Crippen MR) is 105 cm³/mol. The van der Waals surface area contributed by atoms with Gasteiger partial charge in [-0.25, -0.2) is 18.4 Å². The lowest BCUT2D eigenvalue weighted by atomic mass is 10.1. The molecule has 3 rings (SSSR count). The van der Waals surface area contributed by atoms with Crippen LogP contribution in [0.25, 0.3) is 0 Å². The summed E-state index contributed by atoms with van der Waals surface area (Å²) in [5, 5.41) is 7.36. The Morgan fingerprint density at radius 3 is 2.43 bits per heavy atom. The highest BCUT2D eigenvalue weighted by atomic mass is 35.5. The summed E-state index contributed by atoms with van der Waals surface area (Å²) in [5.74, 6) is -2.70. The standard InChI is InChI=1S/C18H14ClN3O7S/c1-22-16(24)11-4-2-9(6-12(11)17(22)25)21-15(23)8-29-18(26)13-7-10(30(20,27)28)3-5-14(13)19/h2-7H,8H2,1H3,(H,21,23)(H2,20,27,28). The lowest BCUT2D eigenvalue weighted by Crippen LogP contribution is -2.24. The summed E-state index contributed by atoms with van der Waals surface area (Å²) in [5.41, 5.74) is 0.307. The lowest BCUT2D eigenvalue weighted by molar-refractivity contribution is -0.119. The van der Waals surface area contributed by atoms with Crippen LogP contribution >= 0.6 is 11.6 Å². The highest BCUT2D eigenvalue weighted by Gasteiger charge is 2.32. The lowest BCUT2D eigenvalue weighted by Gasteiger charge is -2.09. The van der Waals surface area contributed by atoms with E-state index in [1.165, 1.54) is 25.2 Å². The van der Waals surface area contributed by atoms with E-state index in [9.17, 15) is 27.6 Å². The maximum Gasteiger partial charge on any atom is 0.340 e. The van der Waals surface area contributed by atoms with Crippen LogP contribution in [0.15, 0.2) is 41.3 Å². The third-order valence-electron chi connectivity index (χ3n) is 4.19. The molecule has 0 fully saturated rings. The molecule has 12 heteroatoms. The Labute approximate surface area is 175 Å². The van der Waals surface area contributed by atoms with Crippen LogP contribution in [0.3, 0.4) is 0 Å².